The third-order valence-corrected chi connectivity index (χ3v) is 9.61. The van der Waals surface area contributed by atoms with Gasteiger partial charge in [-0.1, -0.05) is 57.6 Å². The summed E-state index contributed by atoms with van der Waals surface area (Å²) < 4.78 is 4.76. The van der Waals surface area contributed by atoms with Gasteiger partial charge in [0.1, 0.15) is 13.7 Å². The zero-order valence-electron chi connectivity index (χ0n) is 26.2. The summed E-state index contributed by atoms with van der Waals surface area (Å²) in [5.41, 5.74) is 1.91. The smallest absolute Gasteiger partial charge is 0.325 e. The molecule has 46 heavy (non-hydrogen) atoms. The van der Waals surface area contributed by atoms with Gasteiger partial charge in [-0.3, -0.25) is 9.59 Å². The zero-order chi connectivity index (χ0) is 33.4. The number of carbonyl (C=O) groups is 3. The number of ether oxygens (including phenoxy) is 1. The number of urea groups is 1. The highest BCUT2D eigenvalue weighted by Crippen LogP contribution is 2.31. The minimum Gasteiger partial charge on any atom is -0.468 e. The van der Waals surface area contributed by atoms with Gasteiger partial charge in [-0.05, 0) is 68.1 Å². The molecular weight excluding hydrogens is 676 g/mol. The lowest BCUT2D eigenvalue weighted by Crippen LogP contribution is -2.56. The number of carbonyl (C=O) groups excluding carboxylic acids is 3. The summed E-state index contributed by atoms with van der Waals surface area (Å²) in [5.74, 6) is -0.913. The van der Waals surface area contributed by atoms with E-state index in [9.17, 15) is 14.4 Å². The number of piperidine rings is 1. The van der Waals surface area contributed by atoms with E-state index in [1.165, 1.54) is 14.2 Å². The number of hydrogen-bond donors (Lipinski definition) is 0. The average Bonchev–Trinajstić information content (AvgIpc) is 3.03. The fourth-order valence-corrected chi connectivity index (χ4v) is 6.90. The Kier molecular flexibility index (Phi) is 13.2. The summed E-state index contributed by atoms with van der Waals surface area (Å²) >= 11 is 25.0. The molecule has 2 fully saturated rings. The lowest BCUT2D eigenvalue weighted by atomic mass is 9.89. The molecule has 0 radical (unpaired) electrons. The van der Waals surface area contributed by atoms with Gasteiger partial charge >= 0.3 is 12.0 Å². The van der Waals surface area contributed by atoms with Gasteiger partial charge in [-0.2, -0.15) is 0 Å². The third-order valence-electron chi connectivity index (χ3n) is 8.43. The monoisotopic (exact) mass is 713 g/mol. The SMILES string of the molecule is CON=C(CN(C)C(=O)c1cc(Cl)cc(Cl)c1)C(CCN1CCC(N2CCCN(CC(=O)OC)C2=O)CC1)c1ccc(Cl)c(Cl)c1. The topological polar surface area (TPSA) is 95.0 Å². The van der Waals surface area contributed by atoms with Crippen LogP contribution in [0, 0.1) is 0 Å². The second-order valence-electron chi connectivity index (χ2n) is 11.5. The minimum atomic E-state index is -0.414. The standard InChI is InChI=1S/C32H39Cl4N5O5/c1-38(31(43)22-15-23(33)18-24(34)16-22)19-29(37-46-3)26(21-5-6-27(35)28(36)17-21)9-14-39-12-7-25(8-13-39)41-11-4-10-40(32(41)44)20-30(42)45-2/h5-6,15-18,25-26H,4,7-14,19-20H2,1-3H3. The Morgan fingerprint density at radius 3 is 2.30 bits per heavy atom. The summed E-state index contributed by atoms with van der Waals surface area (Å²) in [7, 11) is 4.49. The Morgan fingerprint density at radius 2 is 1.67 bits per heavy atom. The normalized spacial score (nSPS) is 17.2. The van der Waals surface area contributed by atoms with Gasteiger partial charge in [0.15, 0.2) is 0 Å². The number of nitrogens with zero attached hydrogens (tertiary/aromatic N) is 5. The van der Waals surface area contributed by atoms with E-state index >= 15 is 0 Å². The molecular formula is C32H39Cl4N5O5. The lowest BCUT2D eigenvalue weighted by Gasteiger charge is -2.43. The molecule has 2 aromatic rings. The molecule has 1 atom stereocenters. The van der Waals surface area contributed by atoms with Crippen molar-refractivity contribution in [3.8, 4) is 0 Å². The van der Waals surface area contributed by atoms with Crippen molar-refractivity contribution in [2.75, 3.05) is 67.1 Å². The largest absolute Gasteiger partial charge is 0.468 e. The van der Waals surface area contributed by atoms with Gasteiger partial charge in [0.05, 0.1) is 29.4 Å². The summed E-state index contributed by atoms with van der Waals surface area (Å²) in [4.78, 5) is 50.9. The van der Waals surface area contributed by atoms with Crippen molar-refractivity contribution in [1.29, 1.82) is 0 Å². The third kappa shape index (κ3) is 9.41. The van der Waals surface area contributed by atoms with Gasteiger partial charge in [0, 0.05) is 60.8 Å². The molecule has 10 nitrogen and oxygen atoms in total. The van der Waals surface area contributed by atoms with E-state index in [0.29, 0.717) is 50.9 Å². The van der Waals surface area contributed by atoms with Gasteiger partial charge in [-0.15, -0.1) is 0 Å². The van der Waals surface area contributed by atoms with Crippen LogP contribution in [0.4, 0.5) is 4.79 Å². The number of rotatable bonds is 12. The van der Waals surface area contributed by atoms with Crippen LogP contribution in [0.2, 0.25) is 20.1 Å². The van der Waals surface area contributed by atoms with Crippen LogP contribution < -0.4 is 0 Å². The molecule has 0 bridgehead atoms. The van der Waals surface area contributed by atoms with E-state index in [1.54, 1.807) is 41.1 Å². The molecule has 2 aliphatic heterocycles. The van der Waals surface area contributed by atoms with Crippen LogP contribution in [0.5, 0.6) is 0 Å². The predicted molar refractivity (Wildman–Crippen MR) is 181 cm³/mol. The molecule has 2 aliphatic rings. The van der Waals surface area contributed by atoms with Gasteiger partial charge in [0.2, 0.25) is 0 Å². The maximum absolute atomic E-state index is 13.3. The van der Waals surface area contributed by atoms with Gasteiger partial charge < -0.3 is 29.2 Å². The highest BCUT2D eigenvalue weighted by Gasteiger charge is 2.34. The van der Waals surface area contributed by atoms with Crippen LogP contribution in [0.25, 0.3) is 0 Å². The van der Waals surface area contributed by atoms with Crippen molar-refractivity contribution >= 4 is 70.0 Å². The second-order valence-corrected chi connectivity index (χ2v) is 13.2. The molecule has 0 saturated carbocycles. The first-order chi connectivity index (χ1) is 22.0. The number of likely N-dealkylation sites (tertiary alicyclic amines) is 1. The molecule has 1 unspecified atom stereocenters. The van der Waals surface area contributed by atoms with Crippen LogP contribution in [0.15, 0.2) is 41.6 Å². The molecule has 2 heterocycles. The van der Waals surface area contributed by atoms with Crippen LogP contribution >= 0.6 is 46.4 Å². The van der Waals surface area contributed by atoms with E-state index in [2.05, 4.69) is 10.1 Å². The Bertz CT molecular complexity index is 1420. The number of amides is 3. The van der Waals surface area contributed by atoms with Gasteiger partial charge in [-0.25, -0.2) is 4.79 Å². The minimum absolute atomic E-state index is 0.0280. The number of oxime groups is 1. The molecule has 250 valence electrons. The first-order valence-corrected chi connectivity index (χ1v) is 16.6. The Labute approximate surface area is 290 Å². The van der Waals surface area contributed by atoms with Gasteiger partial charge in [0.25, 0.3) is 5.91 Å². The van der Waals surface area contributed by atoms with Crippen molar-refractivity contribution in [3.63, 3.8) is 0 Å². The lowest BCUT2D eigenvalue weighted by molar-refractivity contribution is -0.141. The van der Waals surface area contributed by atoms with E-state index in [4.69, 9.17) is 56.0 Å². The summed E-state index contributed by atoms with van der Waals surface area (Å²) in [6, 6.07) is 10.2. The summed E-state index contributed by atoms with van der Waals surface area (Å²) in [6.45, 7) is 3.75. The molecule has 4 rings (SSSR count). The fourth-order valence-electron chi connectivity index (χ4n) is 6.06. The van der Waals surface area contributed by atoms with Crippen LogP contribution in [0.1, 0.15) is 47.5 Å². The zero-order valence-corrected chi connectivity index (χ0v) is 29.2. The van der Waals surface area contributed by atoms with Crippen molar-refractivity contribution in [2.45, 2.75) is 37.6 Å². The molecule has 2 aromatic carbocycles. The predicted octanol–water partition coefficient (Wildman–Crippen LogP) is 6.31. The first-order valence-electron chi connectivity index (χ1n) is 15.1. The number of hydrogen-bond acceptors (Lipinski definition) is 7. The molecule has 0 spiro atoms. The number of methoxy groups -OCH3 is 1. The molecule has 0 aliphatic carbocycles. The molecule has 0 N–H and O–H groups in total. The summed E-state index contributed by atoms with van der Waals surface area (Å²) in [6.07, 6.45) is 3.14. The molecule has 14 heteroatoms. The number of esters is 1. The molecule has 3 amide bonds. The quantitative estimate of drug-likeness (QED) is 0.145. The van der Waals surface area contributed by atoms with E-state index in [-0.39, 0.29) is 37.0 Å². The number of benzene rings is 2. The average molecular weight is 716 g/mol. The van der Waals surface area contributed by atoms with E-state index in [0.717, 1.165) is 44.5 Å². The van der Waals surface area contributed by atoms with E-state index in [1.807, 2.05) is 17.0 Å². The fraction of sp³-hybridized carbons (Fsp3) is 0.500. The highest BCUT2D eigenvalue weighted by atomic mass is 35.5. The number of halogens is 4. The van der Waals surface area contributed by atoms with Crippen LogP contribution in [0.3, 0.4) is 0 Å². The Morgan fingerprint density at radius 1 is 0.978 bits per heavy atom. The summed E-state index contributed by atoms with van der Waals surface area (Å²) in [5, 5.41) is 5.99. The first kappa shape index (κ1) is 36.1. The highest BCUT2D eigenvalue weighted by molar-refractivity contribution is 6.42. The second kappa shape index (κ2) is 16.9. The maximum Gasteiger partial charge on any atom is 0.325 e. The van der Waals surface area contributed by atoms with Crippen molar-refractivity contribution in [1.82, 2.24) is 19.6 Å². The van der Waals surface area contributed by atoms with Crippen molar-refractivity contribution < 1.29 is 24.0 Å². The maximum atomic E-state index is 13.3. The Hall–Kier alpha value is -2.76. The molecule has 2 saturated heterocycles. The van der Waals surface area contributed by atoms with Crippen molar-refractivity contribution in [3.05, 3.63) is 67.6 Å². The van der Waals surface area contributed by atoms with Crippen LogP contribution in [-0.2, 0) is 14.4 Å². The van der Waals surface area contributed by atoms with Crippen LogP contribution in [-0.4, -0.2) is 116 Å². The van der Waals surface area contributed by atoms with Crippen molar-refractivity contribution in [2.24, 2.45) is 5.16 Å². The van der Waals surface area contributed by atoms with E-state index < -0.39 is 5.97 Å². The molecule has 0 aromatic heterocycles. The Balaban J connectivity index is 1.44.